The number of aryl methyl sites for hydroxylation is 1. The number of unbranched alkanes of at least 4 members (excludes halogenated alkanes) is 1. The number of benzene rings is 9. The summed E-state index contributed by atoms with van der Waals surface area (Å²) in [4.78, 5) is 44.0. The highest BCUT2D eigenvalue weighted by Crippen LogP contribution is 2.45. The Labute approximate surface area is 502 Å². The van der Waals surface area contributed by atoms with Crippen molar-refractivity contribution in [3.05, 3.63) is 287 Å². The maximum Gasteiger partial charge on any atom is 0.407 e. The van der Waals surface area contributed by atoms with Crippen LogP contribution in [0.25, 0.3) is 11.1 Å². The highest BCUT2D eigenvalue weighted by Gasteiger charge is 2.50. The average molecular weight is 1150 g/mol. The molecule has 1 aliphatic carbocycles. The van der Waals surface area contributed by atoms with Crippen LogP contribution in [0.1, 0.15) is 90.5 Å². The topological polar surface area (TPSA) is 127 Å². The average Bonchev–Trinajstić information content (AvgIpc) is 3.95. The fraction of sp³-hybridized carbons (Fsp3) is 0.230. The molecule has 0 aliphatic heterocycles. The quantitative estimate of drug-likeness (QED) is 0.0270. The van der Waals surface area contributed by atoms with Crippen LogP contribution >= 0.6 is 0 Å². The molecule has 9 aromatic carbocycles. The molecule has 0 heterocycles. The van der Waals surface area contributed by atoms with E-state index in [9.17, 15) is 9.59 Å². The van der Waals surface area contributed by atoms with E-state index in [1.165, 1.54) is 15.9 Å². The van der Waals surface area contributed by atoms with Crippen LogP contribution in [0.4, 0.5) is 10.5 Å². The summed E-state index contributed by atoms with van der Waals surface area (Å²) in [5, 5.41) is 15.3. The summed E-state index contributed by atoms with van der Waals surface area (Å²) in [6, 6.07) is 80.0. The van der Waals surface area contributed by atoms with Gasteiger partial charge in [-0.2, -0.15) is 0 Å². The Balaban J connectivity index is 0.905. The van der Waals surface area contributed by atoms with E-state index < -0.39 is 43.8 Å². The van der Waals surface area contributed by atoms with Gasteiger partial charge < -0.3 is 29.9 Å². The van der Waals surface area contributed by atoms with Crippen LogP contribution in [0.2, 0.25) is 5.04 Å². The number of hydrogen-bond donors (Lipinski definition) is 4. The van der Waals surface area contributed by atoms with E-state index in [0.717, 1.165) is 50.1 Å². The monoisotopic (exact) mass is 1140 g/mol. The normalized spacial score (nSPS) is 13.0. The minimum Gasteiger partial charge on any atom is -0.495 e. The Morgan fingerprint density at radius 1 is 0.541 bits per heavy atom. The highest BCUT2D eigenvalue weighted by atomic mass is 28.4. The number of rotatable bonds is 24. The molecule has 0 aromatic heterocycles. The van der Waals surface area contributed by atoms with Gasteiger partial charge in [0.2, 0.25) is 11.8 Å². The lowest BCUT2D eigenvalue weighted by molar-refractivity contribution is -0.128. The lowest BCUT2D eigenvalue weighted by atomic mass is 9.76. The lowest BCUT2D eigenvalue weighted by Gasteiger charge is -2.43. The summed E-state index contributed by atoms with van der Waals surface area (Å²) < 4.78 is 19.3. The second kappa shape index (κ2) is 27.2. The largest absolute Gasteiger partial charge is 0.495 e. The van der Waals surface area contributed by atoms with Gasteiger partial charge in [-0.25, -0.2) is 4.79 Å². The van der Waals surface area contributed by atoms with Gasteiger partial charge in [-0.15, -0.1) is 0 Å². The molecule has 0 saturated heterocycles. The molecular weight excluding hydrogens is 1070 g/mol. The van der Waals surface area contributed by atoms with Crippen molar-refractivity contribution < 1.29 is 28.3 Å². The van der Waals surface area contributed by atoms with Crippen molar-refractivity contribution in [1.82, 2.24) is 16.0 Å². The van der Waals surface area contributed by atoms with E-state index in [1.807, 2.05) is 97.1 Å². The molecule has 0 fully saturated rings. The fourth-order valence-electron chi connectivity index (χ4n) is 12.2. The first kappa shape index (κ1) is 59.3. The summed E-state index contributed by atoms with van der Waals surface area (Å²) in [6.45, 7) is 9.79. The molecular formula is C74H76N4O6Si. The summed E-state index contributed by atoms with van der Waals surface area (Å²) in [6.07, 6.45) is 0.908. The molecule has 2 atom stereocenters. The van der Waals surface area contributed by atoms with Crippen molar-refractivity contribution in [2.24, 2.45) is 0 Å². The first-order valence-corrected chi connectivity index (χ1v) is 31.4. The van der Waals surface area contributed by atoms with Crippen LogP contribution in [0, 0.1) is 6.92 Å². The van der Waals surface area contributed by atoms with Gasteiger partial charge in [0.05, 0.1) is 24.9 Å². The van der Waals surface area contributed by atoms with E-state index in [2.05, 4.69) is 195 Å². The predicted octanol–water partition coefficient (Wildman–Crippen LogP) is 13.4. The minimum absolute atomic E-state index is 0.0740. The number of hydrogen-bond acceptors (Lipinski definition) is 7. The van der Waals surface area contributed by atoms with Crippen molar-refractivity contribution in [2.75, 3.05) is 25.6 Å². The Morgan fingerprint density at radius 3 is 1.61 bits per heavy atom. The fourth-order valence-corrected chi connectivity index (χ4v) is 16.8. The lowest BCUT2D eigenvalue weighted by Crippen LogP contribution is -2.66. The van der Waals surface area contributed by atoms with Crippen molar-refractivity contribution in [3.63, 3.8) is 0 Å². The molecule has 10 nitrogen and oxygen atoms in total. The van der Waals surface area contributed by atoms with E-state index in [0.29, 0.717) is 37.4 Å². The maximum atomic E-state index is 15.0. The molecule has 1 aliphatic rings. The van der Waals surface area contributed by atoms with Gasteiger partial charge in [0, 0.05) is 12.3 Å². The summed E-state index contributed by atoms with van der Waals surface area (Å²) in [5.41, 5.74) is 10.3. The van der Waals surface area contributed by atoms with Crippen molar-refractivity contribution in [1.29, 1.82) is 0 Å². The molecule has 85 heavy (non-hydrogen) atoms. The van der Waals surface area contributed by atoms with E-state index in [1.54, 1.807) is 7.11 Å². The zero-order valence-electron chi connectivity index (χ0n) is 49.2. The van der Waals surface area contributed by atoms with Crippen LogP contribution < -0.4 is 36.4 Å². The van der Waals surface area contributed by atoms with Gasteiger partial charge >= 0.3 is 6.09 Å². The van der Waals surface area contributed by atoms with Crippen LogP contribution in [0.5, 0.6) is 5.75 Å². The van der Waals surface area contributed by atoms with Crippen molar-refractivity contribution in [3.8, 4) is 16.9 Å². The molecule has 0 radical (unpaired) electrons. The SMILES string of the molecule is COc1cc(CO[Si](c2ccccc2)(c2ccccc2)C(C)(C)C)ccc1NC(=O)[C@H](CCCCNC(c1ccccc1)(c1ccccc1)c1ccc(C)cc1)NC(=O)[C@H](Cc1ccccc1)NC(=O)OCC1c2ccccc2-c2ccccc21. The van der Waals surface area contributed by atoms with E-state index in [-0.39, 0.29) is 30.4 Å². The molecule has 0 saturated carbocycles. The van der Waals surface area contributed by atoms with Gasteiger partial charge in [0.1, 0.15) is 24.4 Å². The summed E-state index contributed by atoms with van der Waals surface area (Å²) in [7, 11) is -1.31. The predicted molar refractivity (Wildman–Crippen MR) is 344 cm³/mol. The van der Waals surface area contributed by atoms with Crippen LogP contribution in [-0.2, 0) is 37.3 Å². The third-order valence-electron chi connectivity index (χ3n) is 16.5. The number of fused-ring (bicyclic) bond motifs is 3. The van der Waals surface area contributed by atoms with Crippen molar-refractivity contribution in [2.45, 2.75) is 88.6 Å². The standard InChI is InChI=1S/C74H76N4O6Si/c1-53-42-45-58(46-43-53)74(56-29-13-7-14-30-56,57-31-15-8-16-32-57)75-48-26-25-41-67(70(79)76-66-47-44-55(50-69(66)82-5)51-84-85(73(2,3)4,59-33-17-9-18-34-59)60-35-19-10-20-36-60)77-71(80)68(49-54-27-11-6-12-28-54)78-72(81)83-52-65-63-39-23-21-37-61(63)62-38-22-24-40-64(62)65/h6-24,27-40,42-47,50,65,67-68,75H,25-26,41,48-49,51-52H2,1-5H3,(H,76,79)(H,77,80)(H,78,81)/t67-,68-/m0/s1. The summed E-state index contributed by atoms with van der Waals surface area (Å²) in [5.74, 6) is -0.687. The van der Waals surface area contributed by atoms with Gasteiger partial charge in [-0.3, -0.25) is 14.9 Å². The number of carbonyl (C=O) groups is 3. The maximum absolute atomic E-state index is 15.0. The minimum atomic E-state index is -2.88. The van der Waals surface area contributed by atoms with E-state index >= 15 is 4.79 Å². The van der Waals surface area contributed by atoms with Gasteiger partial charge in [-0.1, -0.05) is 257 Å². The molecule has 9 aromatic rings. The van der Waals surface area contributed by atoms with E-state index in [4.69, 9.17) is 13.9 Å². The molecule has 0 bridgehead atoms. The molecule has 432 valence electrons. The highest BCUT2D eigenvalue weighted by molar-refractivity contribution is 6.99. The molecule has 0 spiro atoms. The van der Waals surface area contributed by atoms with Crippen molar-refractivity contribution >= 4 is 42.3 Å². The Hall–Kier alpha value is -8.87. The summed E-state index contributed by atoms with van der Waals surface area (Å²) >= 11 is 0. The second-order valence-corrected chi connectivity index (χ2v) is 27.3. The molecule has 4 N–H and O–H groups in total. The Morgan fingerprint density at radius 2 is 1.06 bits per heavy atom. The first-order chi connectivity index (χ1) is 41.4. The number of amides is 3. The smallest absolute Gasteiger partial charge is 0.407 e. The molecule has 3 amide bonds. The Kier molecular flexibility index (Phi) is 19.0. The zero-order valence-corrected chi connectivity index (χ0v) is 50.2. The molecule has 0 unspecified atom stereocenters. The van der Waals surface area contributed by atoms with Gasteiger partial charge in [0.15, 0.2) is 0 Å². The molecule has 10 rings (SSSR count). The van der Waals surface area contributed by atoms with Crippen LogP contribution in [-0.4, -0.2) is 58.6 Å². The molecule has 11 heteroatoms. The number of anilines is 1. The number of nitrogens with one attached hydrogen (secondary N) is 4. The third kappa shape index (κ3) is 13.4. The van der Waals surface area contributed by atoms with Gasteiger partial charge in [-0.05, 0) is 110 Å². The van der Waals surface area contributed by atoms with Crippen LogP contribution in [0.3, 0.4) is 0 Å². The number of methoxy groups -OCH3 is 1. The number of carbonyl (C=O) groups excluding carboxylic acids is 3. The number of ether oxygens (including phenoxy) is 2. The Bertz CT molecular complexity index is 3530. The number of alkyl carbamates (subject to hydrolysis) is 1. The second-order valence-electron chi connectivity index (χ2n) is 23.0. The zero-order chi connectivity index (χ0) is 59.2. The third-order valence-corrected chi connectivity index (χ3v) is 21.5. The first-order valence-electron chi connectivity index (χ1n) is 29.5. The van der Waals surface area contributed by atoms with Gasteiger partial charge in [0.25, 0.3) is 8.32 Å². The van der Waals surface area contributed by atoms with Crippen LogP contribution in [0.15, 0.2) is 243 Å².